The van der Waals surface area contributed by atoms with Crippen LogP contribution in [0.5, 0.6) is 0 Å². The van der Waals surface area contributed by atoms with Gasteiger partial charge in [-0.25, -0.2) is 4.68 Å². The Morgan fingerprint density at radius 1 is 1.35 bits per heavy atom. The number of anilines is 1. The zero-order valence-corrected chi connectivity index (χ0v) is 9.72. The number of hydrogen-bond donors (Lipinski definition) is 1. The van der Waals surface area contributed by atoms with E-state index >= 15 is 0 Å². The van der Waals surface area contributed by atoms with Crippen molar-refractivity contribution >= 4 is 5.82 Å². The van der Waals surface area contributed by atoms with Gasteiger partial charge in [-0.1, -0.05) is 29.8 Å². The van der Waals surface area contributed by atoms with E-state index in [4.69, 9.17) is 11.0 Å². The lowest BCUT2D eigenvalue weighted by molar-refractivity contribution is 0.697. The molecule has 0 fully saturated rings. The fourth-order valence-corrected chi connectivity index (χ4v) is 1.65. The van der Waals surface area contributed by atoms with Gasteiger partial charge in [0.1, 0.15) is 5.82 Å². The SMILES string of the molecule is Cc1ccc(Cn2ncc(CC#N)c2N)cc1. The molecule has 1 aromatic heterocycles. The molecule has 1 aromatic carbocycles. The van der Waals surface area contributed by atoms with Crippen LogP contribution in [0.15, 0.2) is 30.5 Å². The summed E-state index contributed by atoms with van der Waals surface area (Å²) in [5.74, 6) is 0.576. The van der Waals surface area contributed by atoms with Crippen molar-refractivity contribution in [3.63, 3.8) is 0 Å². The Morgan fingerprint density at radius 2 is 2.06 bits per heavy atom. The Bertz CT molecular complexity index is 546. The predicted molar refractivity (Wildman–Crippen MR) is 66.2 cm³/mol. The van der Waals surface area contributed by atoms with Crippen molar-refractivity contribution in [1.82, 2.24) is 9.78 Å². The number of aryl methyl sites for hydroxylation is 1. The van der Waals surface area contributed by atoms with Crippen LogP contribution in [0.25, 0.3) is 0 Å². The second kappa shape index (κ2) is 4.71. The van der Waals surface area contributed by atoms with Crippen LogP contribution >= 0.6 is 0 Å². The topological polar surface area (TPSA) is 67.6 Å². The number of aromatic nitrogens is 2. The normalized spacial score (nSPS) is 10.1. The molecule has 0 aliphatic carbocycles. The Morgan fingerprint density at radius 3 is 2.71 bits per heavy atom. The van der Waals surface area contributed by atoms with Gasteiger partial charge in [0.15, 0.2) is 0 Å². The second-order valence-electron chi connectivity index (χ2n) is 4.03. The molecule has 0 saturated heterocycles. The third-order valence-corrected chi connectivity index (χ3v) is 2.68. The molecule has 86 valence electrons. The van der Waals surface area contributed by atoms with Gasteiger partial charge in [-0.2, -0.15) is 10.4 Å². The number of benzene rings is 1. The van der Waals surface area contributed by atoms with Crippen molar-refractivity contribution in [3.8, 4) is 6.07 Å². The fraction of sp³-hybridized carbons (Fsp3) is 0.231. The highest BCUT2D eigenvalue weighted by molar-refractivity contribution is 5.41. The highest BCUT2D eigenvalue weighted by atomic mass is 15.3. The van der Waals surface area contributed by atoms with Crippen LogP contribution in [0.3, 0.4) is 0 Å². The highest BCUT2D eigenvalue weighted by Crippen LogP contribution is 2.13. The lowest BCUT2D eigenvalue weighted by atomic mass is 10.1. The van der Waals surface area contributed by atoms with Crippen LogP contribution in [0.1, 0.15) is 16.7 Å². The maximum atomic E-state index is 8.63. The van der Waals surface area contributed by atoms with Crippen molar-refractivity contribution in [1.29, 1.82) is 5.26 Å². The summed E-state index contributed by atoms with van der Waals surface area (Å²) in [6.45, 7) is 2.69. The van der Waals surface area contributed by atoms with E-state index in [2.05, 4.69) is 42.4 Å². The van der Waals surface area contributed by atoms with Crippen LogP contribution in [0.4, 0.5) is 5.82 Å². The molecule has 0 saturated carbocycles. The predicted octanol–water partition coefficient (Wildman–Crippen LogP) is 1.89. The first-order valence-corrected chi connectivity index (χ1v) is 5.43. The summed E-state index contributed by atoms with van der Waals surface area (Å²) < 4.78 is 1.72. The number of hydrogen-bond acceptors (Lipinski definition) is 3. The second-order valence-corrected chi connectivity index (χ2v) is 4.03. The van der Waals surface area contributed by atoms with E-state index in [0.717, 1.165) is 11.1 Å². The molecule has 1 heterocycles. The molecule has 0 atom stereocenters. The summed E-state index contributed by atoms with van der Waals surface area (Å²) in [4.78, 5) is 0. The number of nitriles is 1. The van der Waals surface area contributed by atoms with Crippen molar-refractivity contribution in [2.24, 2.45) is 0 Å². The average Bonchev–Trinajstić information content (AvgIpc) is 2.65. The summed E-state index contributed by atoms with van der Waals surface area (Å²) in [6, 6.07) is 10.3. The van der Waals surface area contributed by atoms with Crippen molar-refractivity contribution in [2.75, 3.05) is 5.73 Å². The summed E-state index contributed by atoms with van der Waals surface area (Å²) in [6.07, 6.45) is 1.96. The fourth-order valence-electron chi connectivity index (χ4n) is 1.65. The van der Waals surface area contributed by atoms with Crippen LogP contribution in [0, 0.1) is 18.3 Å². The lowest BCUT2D eigenvalue weighted by Gasteiger charge is -2.05. The Balaban J connectivity index is 2.19. The summed E-state index contributed by atoms with van der Waals surface area (Å²) in [7, 11) is 0. The molecular formula is C13H14N4. The molecule has 2 N–H and O–H groups in total. The first kappa shape index (κ1) is 11.2. The molecule has 0 aliphatic heterocycles. The highest BCUT2D eigenvalue weighted by Gasteiger charge is 2.06. The first-order chi connectivity index (χ1) is 8.20. The van der Waals surface area contributed by atoms with E-state index in [9.17, 15) is 0 Å². The molecule has 4 heteroatoms. The van der Waals surface area contributed by atoms with E-state index < -0.39 is 0 Å². The van der Waals surface area contributed by atoms with Crippen molar-refractivity contribution < 1.29 is 0 Å². The minimum atomic E-state index is 0.305. The molecule has 17 heavy (non-hydrogen) atoms. The molecular weight excluding hydrogens is 212 g/mol. The average molecular weight is 226 g/mol. The number of nitrogen functional groups attached to an aromatic ring is 1. The van der Waals surface area contributed by atoms with Gasteiger partial charge in [0.05, 0.1) is 25.2 Å². The monoisotopic (exact) mass is 226 g/mol. The molecule has 0 radical (unpaired) electrons. The summed E-state index contributed by atoms with van der Waals surface area (Å²) >= 11 is 0. The number of nitrogens with zero attached hydrogens (tertiary/aromatic N) is 3. The third-order valence-electron chi connectivity index (χ3n) is 2.68. The molecule has 0 aliphatic rings. The molecule has 2 rings (SSSR count). The maximum absolute atomic E-state index is 8.63. The molecule has 0 bridgehead atoms. The van der Waals surface area contributed by atoms with Gasteiger partial charge >= 0.3 is 0 Å². The van der Waals surface area contributed by atoms with Gasteiger partial charge in [-0.3, -0.25) is 0 Å². The molecule has 0 unspecified atom stereocenters. The Kier molecular flexibility index (Phi) is 3.10. The minimum Gasteiger partial charge on any atom is -0.384 e. The van der Waals surface area contributed by atoms with E-state index in [1.807, 2.05) is 0 Å². The zero-order chi connectivity index (χ0) is 12.3. The van der Waals surface area contributed by atoms with E-state index in [1.165, 1.54) is 5.56 Å². The lowest BCUT2D eigenvalue weighted by Crippen LogP contribution is -2.06. The maximum Gasteiger partial charge on any atom is 0.126 e. The largest absolute Gasteiger partial charge is 0.384 e. The molecule has 4 nitrogen and oxygen atoms in total. The molecule has 0 spiro atoms. The van der Waals surface area contributed by atoms with E-state index in [1.54, 1.807) is 10.9 Å². The minimum absolute atomic E-state index is 0.305. The van der Waals surface area contributed by atoms with Crippen LogP contribution in [0.2, 0.25) is 0 Å². The Labute approximate surface area is 100 Å². The molecule has 2 aromatic rings. The van der Waals surface area contributed by atoms with Gasteiger partial charge in [-0.05, 0) is 12.5 Å². The first-order valence-electron chi connectivity index (χ1n) is 5.43. The van der Waals surface area contributed by atoms with Gasteiger partial charge in [0, 0.05) is 5.56 Å². The van der Waals surface area contributed by atoms with Crippen molar-refractivity contribution in [2.45, 2.75) is 19.9 Å². The summed E-state index contributed by atoms with van der Waals surface area (Å²) in [5, 5.41) is 12.8. The van der Waals surface area contributed by atoms with E-state index in [0.29, 0.717) is 18.8 Å². The van der Waals surface area contributed by atoms with Gasteiger partial charge in [0.2, 0.25) is 0 Å². The quantitative estimate of drug-likeness (QED) is 0.869. The molecule has 0 amide bonds. The van der Waals surface area contributed by atoms with Gasteiger partial charge in [-0.15, -0.1) is 0 Å². The van der Waals surface area contributed by atoms with Gasteiger partial charge in [0.25, 0.3) is 0 Å². The standard InChI is InChI=1S/C13H14N4/c1-10-2-4-11(5-3-10)9-17-13(15)12(6-7-14)8-16-17/h2-5,8H,6,9,15H2,1H3. The van der Waals surface area contributed by atoms with Crippen LogP contribution in [-0.4, -0.2) is 9.78 Å². The Hall–Kier alpha value is -2.28. The smallest absolute Gasteiger partial charge is 0.126 e. The number of rotatable bonds is 3. The summed E-state index contributed by atoms with van der Waals surface area (Å²) in [5.41, 5.74) is 9.08. The van der Waals surface area contributed by atoms with E-state index in [-0.39, 0.29) is 0 Å². The number of nitrogens with two attached hydrogens (primary N) is 1. The van der Waals surface area contributed by atoms with Gasteiger partial charge < -0.3 is 5.73 Å². The zero-order valence-electron chi connectivity index (χ0n) is 9.72. The van der Waals surface area contributed by atoms with Crippen LogP contribution < -0.4 is 5.73 Å². The van der Waals surface area contributed by atoms with Crippen LogP contribution in [-0.2, 0) is 13.0 Å². The van der Waals surface area contributed by atoms with Crippen molar-refractivity contribution in [3.05, 3.63) is 47.2 Å². The third kappa shape index (κ3) is 2.45.